The molecule has 0 aromatic rings. The molecule has 0 heterocycles. The Hall–Kier alpha value is -0.950. The van der Waals surface area contributed by atoms with Gasteiger partial charge in [0.15, 0.2) is 6.17 Å². The lowest BCUT2D eigenvalue weighted by Gasteiger charge is -2.26. The van der Waals surface area contributed by atoms with Crippen molar-refractivity contribution < 1.29 is 48.1 Å². The van der Waals surface area contributed by atoms with Crippen molar-refractivity contribution in [2.45, 2.75) is 74.9 Å². The van der Waals surface area contributed by atoms with Gasteiger partial charge in [-0.3, -0.25) is 4.55 Å². The Morgan fingerprint density at radius 1 is 0.929 bits per heavy atom. The van der Waals surface area contributed by atoms with E-state index in [4.69, 9.17) is 10.3 Å². The molecule has 0 aromatic carbocycles. The van der Waals surface area contributed by atoms with Gasteiger partial charge in [-0.15, -0.1) is 6.58 Å². The minimum Gasteiger partial charge on any atom is -0.327 e. The average Bonchev–Trinajstić information content (AvgIpc) is 2.54. The molecule has 0 saturated heterocycles. The number of rotatable bonds is 12. The Balaban J connectivity index is 0. The van der Waals surface area contributed by atoms with Crippen LogP contribution in [0.2, 0.25) is 0 Å². The van der Waals surface area contributed by atoms with Crippen molar-refractivity contribution in [1.82, 2.24) is 0 Å². The molecule has 0 spiro atoms. The lowest BCUT2D eigenvalue weighted by Crippen LogP contribution is -2.52. The molecule has 0 aliphatic carbocycles. The normalized spacial score (nSPS) is 14.2. The number of hydrogen-bond donors (Lipinski definition) is 2. The monoisotopic (exact) mass is 451 g/mol. The zero-order valence-corrected chi connectivity index (χ0v) is 15.8. The maximum Gasteiger partial charge on any atom is 0.434 e. The largest absolute Gasteiger partial charge is 0.434 e. The van der Waals surface area contributed by atoms with Crippen LogP contribution in [0, 0.1) is 0 Å². The fourth-order valence-electron chi connectivity index (χ4n) is 1.89. The second kappa shape index (κ2) is 12.6. The van der Waals surface area contributed by atoms with E-state index >= 15 is 0 Å². The van der Waals surface area contributed by atoms with E-state index in [1.165, 1.54) is 0 Å². The van der Waals surface area contributed by atoms with Gasteiger partial charge >= 0.3 is 27.5 Å². The van der Waals surface area contributed by atoms with Crippen molar-refractivity contribution in [2.75, 3.05) is 6.54 Å². The molecule has 0 radical (unpaired) electrons. The lowest BCUT2D eigenvalue weighted by molar-refractivity contribution is -0.198. The van der Waals surface area contributed by atoms with E-state index < -0.39 is 46.5 Å². The molecule has 0 fully saturated rings. The Labute approximate surface area is 158 Å². The molecule has 0 bridgehead atoms. The molecule has 0 aliphatic heterocycles. The van der Waals surface area contributed by atoms with Crippen LogP contribution in [-0.2, 0) is 10.1 Å². The molecule has 0 rings (SSSR count). The summed E-state index contributed by atoms with van der Waals surface area (Å²) in [5.74, 6) is -5.59. The number of alkyl halides is 8. The molecule has 4 nitrogen and oxygen atoms in total. The van der Waals surface area contributed by atoms with Gasteiger partial charge in [0, 0.05) is 13.0 Å². The topological polar surface area (TPSA) is 80.4 Å². The van der Waals surface area contributed by atoms with E-state index in [1.54, 1.807) is 6.08 Å². The zero-order chi connectivity index (χ0) is 22.6. The average molecular weight is 451 g/mol. The van der Waals surface area contributed by atoms with E-state index in [1.807, 2.05) is 0 Å². The van der Waals surface area contributed by atoms with Crippen molar-refractivity contribution in [3.05, 3.63) is 12.7 Å². The van der Waals surface area contributed by atoms with Crippen LogP contribution >= 0.6 is 0 Å². The van der Waals surface area contributed by atoms with Crippen LogP contribution < -0.4 is 5.73 Å². The van der Waals surface area contributed by atoms with Crippen LogP contribution in [0.3, 0.4) is 0 Å². The third-order valence-corrected chi connectivity index (χ3v) is 4.36. The number of hydrogen-bond acceptors (Lipinski definition) is 3. The van der Waals surface area contributed by atoms with Gasteiger partial charge in [0.2, 0.25) is 0 Å². The quantitative estimate of drug-likeness (QED) is 0.184. The first-order valence-electron chi connectivity index (χ1n) is 8.29. The summed E-state index contributed by atoms with van der Waals surface area (Å²) in [6.45, 7) is 3.94. The maximum absolute atomic E-state index is 13.2. The third kappa shape index (κ3) is 11.1. The zero-order valence-electron chi connectivity index (χ0n) is 15.0. The maximum atomic E-state index is 13.2. The predicted octanol–water partition coefficient (Wildman–Crippen LogP) is 5.25. The molecule has 13 heteroatoms. The van der Waals surface area contributed by atoms with Gasteiger partial charge in [-0.2, -0.15) is 39.2 Å². The summed E-state index contributed by atoms with van der Waals surface area (Å²) in [6, 6.07) is 0. The molecule has 170 valence electrons. The van der Waals surface area contributed by atoms with Crippen LogP contribution in [0.4, 0.5) is 35.1 Å². The molecule has 1 atom stereocenters. The van der Waals surface area contributed by atoms with Crippen LogP contribution in [0.1, 0.15) is 51.4 Å². The highest BCUT2D eigenvalue weighted by Gasteiger charge is 2.69. The first-order valence-corrected chi connectivity index (χ1v) is 9.73. The first-order chi connectivity index (χ1) is 12.5. The van der Waals surface area contributed by atoms with Crippen molar-refractivity contribution in [3.8, 4) is 0 Å². The van der Waals surface area contributed by atoms with E-state index in [2.05, 4.69) is 6.58 Å². The van der Waals surface area contributed by atoms with Crippen molar-refractivity contribution >= 4 is 10.1 Å². The predicted molar refractivity (Wildman–Crippen MR) is 88.6 cm³/mol. The van der Waals surface area contributed by atoms with Gasteiger partial charge in [0.1, 0.15) is 0 Å². The number of nitrogens with two attached hydrogens (primary N) is 1. The van der Waals surface area contributed by atoms with E-state index in [-0.39, 0.29) is 25.7 Å². The molecule has 28 heavy (non-hydrogen) atoms. The van der Waals surface area contributed by atoms with Crippen LogP contribution in [-0.4, -0.2) is 43.0 Å². The van der Waals surface area contributed by atoms with Crippen LogP contribution in [0.15, 0.2) is 12.7 Å². The smallest absolute Gasteiger partial charge is 0.327 e. The molecular weight excluding hydrogens is 426 g/mol. The standard InChI is InChI=1S/C12H18F8O3S.C3H7N/c13-9(11(17,18)12(19,20)24(21,22)23)7-5-3-1-2-4-6-8-10(14,15)16;1-2-3-4/h9H,1-8H2,(H,21,22,23);2H,1,3-4H2. The second-order valence-electron chi connectivity index (χ2n) is 5.88. The van der Waals surface area contributed by atoms with Gasteiger partial charge in [0.25, 0.3) is 0 Å². The minimum atomic E-state index is -6.48. The minimum absolute atomic E-state index is 0.103. The summed E-state index contributed by atoms with van der Waals surface area (Å²) in [5, 5.41) is -5.95. The van der Waals surface area contributed by atoms with Gasteiger partial charge in [-0.25, -0.2) is 4.39 Å². The molecule has 0 aliphatic rings. The SMILES string of the molecule is C=CCN.O=S(=O)(O)C(F)(F)C(F)(F)C(F)CCCCCCCCC(F)(F)F. The van der Waals surface area contributed by atoms with E-state index in [9.17, 15) is 43.5 Å². The summed E-state index contributed by atoms with van der Waals surface area (Å²) in [5.41, 5.74) is 4.91. The Bertz CT molecular complexity index is 538. The van der Waals surface area contributed by atoms with Gasteiger partial charge in [0.05, 0.1) is 0 Å². The molecule has 3 N–H and O–H groups in total. The number of halogens is 8. The van der Waals surface area contributed by atoms with Gasteiger partial charge < -0.3 is 5.73 Å². The van der Waals surface area contributed by atoms with E-state index in [0.717, 1.165) is 0 Å². The summed E-state index contributed by atoms with van der Waals surface area (Å²) >= 11 is 0. The second-order valence-corrected chi connectivity index (χ2v) is 7.34. The summed E-state index contributed by atoms with van der Waals surface area (Å²) in [6.07, 6.45) is -7.52. The number of unbranched alkanes of at least 4 members (excludes halogenated alkanes) is 5. The molecule has 0 aromatic heterocycles. The van der Waals surface area contributed by atoms with Crippen LogP contribution in [0.5, 0.6) is 0 Å². The van der Waals surface area contributed by atoms with E-state index in [0.29, 0.717) is 19.4 Å². The fraction of sp³-hybridized carbons (Fsp3) is 0.867. The fourth-order valence-corrected chi connectivity index (χ4v) is 2.36. The lowest BCUT2D eigenvalue weighted by atomic mass is 10.0. The summed E-state index contributed by atoms with van der Waals surface area (Å²) in [4.78, 5) is 0. The first kappa shape index (κ1) is 29.3. The Kier molecular flexibility index (Phi) is 13.1. The molecule has 0 amide bonds. The van der Waals surface area contributed by atoms with Crippen molar-refractivity contribution in [1.29, 1.82) is 0 Å². The Morgan fingerprint density at radius 3 is 1.68 bits per heavy atom. The summed E-state index contributed by atoms with van der Waals surface area (Å²) < 4.78 is 129. The van der Waals surface area contributed by atoms with Crippen LogP contribution in [0.25, 0.3) is 0 Å². The van der Waals surface area contributed by atoms with Crippen molar-refractivity contribution in [3.63, 3.8) is 0 Å². The molecule has 0 saturated carbocycles. The van der Waals surface area contributed by atoms with Gasteiger partial charge in [-0.05, 0) is 12.8 Å². The molecular formula is C15H25F8NO3S. The summed E-state index contributed by atoms with van der Waals surface area (Å²) in [7, 11) is -6.48. The third-order valence-electron chi connectivity index (χ3n) is 3.44. The van der Waals surface area contributed by atoms with Crippen molar-refractivity contribution in [2.24, 2.45) is 5.73 Å². The highest BCUT2D eigenvalue weighted by atomic mass is 32.2. The highest BCUT2D eigenvalue weighted by molar-refractivity contribution is 7.87. The highest BCUT2D eigenvalue weighted by Crippen LogP contribution is 2.43. The van der Waals surface area contributed by atoms with Gasteiger partial charge in [-0.1, -0.05) is 38.2 Å². The Morgan fingerprint density at radius 2 is 1.32 bits per heavy atom. The molecule has 1 unspecified atom stereocenters.